The number of hydrogen-bond acceptors (Lipinski definition) is 5. The van der Waals surface area contributed by atoms with Crippen LogP contribution in [-0.4, -0.2) is 55.4 Å². The molecular weight excluding hydrogens is 404 g/mol. The van der Waals surface area contributed by atoms with Crippen LogP contribution in [0.25, 0.3) is 0 Å². The van der Waals surface area contributed by atoms with Crippen LogP contribution in [0.2, 0.25) is 0 Å². The normalized spacial score (nSPS) is 23.4. The van der Waals surface area contributed by atoms with Crippen molar-refractivity contribution in [1.29, 1.82) is 0 Å². The lowest BCUT2D eigenvalue weighted by Gasteiger charge is -2.30. The van der Waals surface area contributed by atoms with Gasteiger partial charge in [0, 0.05) is 23.5 Å². The molecule has 0 aliphatic carbocycles. The van der Waals surface area contributed by atoms with Crippen LogP contribution >= 0.6 is 24.2 Å². The van der Waals surface area contributed by atoms with Crippen LogP contribution in [0, 0.1) is 0 Å². The number of nitrogens with zero attached hydrogens (tertiary/aromatic N) is 1. The molecule has 2 aliphatic rings. The monoisotopic (exact) mass is 432 g/mol. The zero-order valence-electron chi connectivity index (χ0n) is 15.9. The van der Waals surface area contributed by atoms with Crippen LogP contribution in [0.1, 0.15) is 39.5 Å². The highest BCUT2D eigenvalue weighted by molar-refractivity contribution is 8.01. The number of thioether (sulfide) groups is 1. The van der Waals surface area contributed by atoms with Crippen molar-refractivity contribution in [3.63, 3.8) is 0 Å². The second-order valence-electron chi connectivity index (χ2n) is 7.15. The fourth-order valence-electron chi connectivity index (χ4n) is 3.98. The summed E-state index contributed by atoms with van der Waals surface area (Å²) in [5.74, 6) is 0.267. The highest BCUT2D eigenvalue weighted by Crippen LogP contribution is 2.35. The lowest BCUT2D eigenvalue weighted by atomic mass is 10.1. The van der Waals surface area contributed by atoms with E-state index in [4.69, 9.17) is 0 Å². The number of fused-ring (bicyclic) bond motifs is 2. The minimum absolute atomic E-state index is 0. The van der Waals surface area contributed by atoms with Gasteiger partial charge in [-0.05, 0) is 51.3 Å². The highest BCUT2D eigenvalue weighted by Gasteiger charge is 2.39. The molecule has 0 spiro atoms. The maximum absolute atomic E-state index is 13.1. The van der Waals surface area contributed by atoms with Crippen LogP contribution in [0.3, 0.4) is 0 Å². The molecule has 0 radical (unpaired) electrons. The zero-order chi connectivity index (χ0) is 18.7. The van der Waals surface area contributed by atoms with Crippen molar-refractivity contribution in [1.82, 2.24) is 10.2 Å². The van der Waals surface area contributed by atoms with Gasteiger partial charge in [-0.15, -0.1) is 24.2 Å². The Morgan fingerprint density at radius 1 is 1.26 bits per heavy atom. The van der Waals surface area contributed by atoms with Crippen LogP contribution in [-0.2, 0) is 14.6 Å². The van der Waals surface area contributed by atoms with E-state index in [1.54, 1.807) is 12.1 Å². The standard InChI is InChI=1S/C19H28N2O3S2.ClH/c1-3-12-26(23,24)18-7-5-4-6-17(18)25-14(2)19(22)21-15-8-9-16(21)13-20-11-10-15;/h4-7,14-16,20H,3,8-13H2,1-2H3;1H. The first kappa shape index (κ1) is 22.5. The van der Waals surface area contributed by atoms with E-state index in [2.05, 4.69) is 10.2 Å². The fraction of sp³-hybridized carbons (Fsp3) is 0.632. The minimum atomic E-state index is -3.31. The molecule has 0 aromatic heterocycles. The predicted molar refractivity (Wildman–Crippen MR) is 112 cm³/mol. The Balaban J connectivity index is 0.00000261. The average molecular weight is 433 g/mol. The van der Waals surface area contributed by atoms with E-state index in [-0.39, 0.29) is 35.4 Å². The third-order valence-corrected chi connectivity index (χ3v) is 8.48. The largest absolute Gasteiger partial charge is 0.334 e. The molecule has 1 amide bonds. The van der Waals surface area contributed by atoms with Crippen LogP contribution in [0.15, 0.2) is 34.1 Å². The summed E-state index contributed by atoms with van der Waals surface area (Å²) in [6, 6.07) is 7.66. The first-order valence-corrected chi connectivity index (χ1v) is 12.0. The van der Waals surface area contributed by atoms with Crippen molar-refractivity contribution < 1.29 is 13.2 Å². The first-order valence-electron chi connectivity index (χ1n) is 9.45. The van der Waals surface area contributed by atoms with Gasteiger partial charge in [0.25, 0.3) is 0 Å². The zero-order valence-corrected chi connectivity index (χ0v) is 18.3. The van der Waals surface area contributed by atoms with E-state index >= 15 is 0 Å². The van der Waals surface area contributed by atoms with E-state index in [1.807, 2.05) is 26.0 Å². The molecule has 152 valence electrons. The summed E-state index contributed by atoms with van der Waals surface area (Å²) in [7, 11) is -3.31. The lowest BCUT2D eigenvalue weighted by Crippen LogP contribution is -2.45. The van der Waals surface area contributed by atoms with Crippen molar-refractivity contribution in [2.24, 2.45) is 0 Å². The predicted octanol–water partition coefficient (Wildman–Crippen LogP) is 3.13. The Morgan fingerprint density at radius 2 is 1.96 bits per heavy atom. The van der Waals surface area contributed by atoms with E-state index in [1.165, 1.54) is 11.8 Å². The van der Waals surface area contributed by atoms with Crippen molar-refractivity contribution in [2.45, 2.75) is 66.7 Å². The molecule has 2 bridgehead atoms. The maximum Gasteiger partial charge on any atom is 0.236 e. The molecule has 2 saturated heterocycles. The van der Waals surface area contributed by atoms with Crippen molar-refractivity contribution in [2.75, 3.05) is 18.8 Å². The minimum Gasteiger partial charge on any atom is -0.334 e. The molecule has 27 heavy (non-hydrogen) atoms. The number of rotatable bonds is 6. The molecule has 3 rings (SSSR count). The molecule has 1 aromatic rings. The third-order valence-electron chi connectivity index (χ3n) is 5.22. The Hall–Kier alpha value is -0.760. The van der Waals surface area contributed by atoms with E-state index in [0.717, 1.165) is 32.4 Å². The van der Waals surface area contributed by atoms with E-state index in [0.29, 0.717) is 22.3 Å². The number of sulfone groups is 1. The number of amides is 1. The Labute approximate surface area is 173 Å². The fourth-order valence-corrected chi connectivity index (χ4v) is 6.86. The van der Waals surface area contributed by atoms with Gasteiger partial charge in [-0.1, -0.05) is 19.1 Å². The number of halogens is 1. The smallest absolute Gasteiger partial charge is 0.236 e. The molecule has 5 nitrogen and oxygen atoms in total. The molecule has 2 fully saturated rings. The lowest BCUT2D eigenvalue weighted by molar-refractivity contribution is -0.132. The molecule has 3 unspecified atom stereocenters. The third kappa shape index (κ3) is 5.00. The van der Waals surface area contributed by atoms with Gasteiger partial charge in [0.1, 0.15) is 0 Å². The van der Waals surface area contributed by atoms with E-state index < -0.39 is 9.84 Å². The number of hydrogen-bond donors (Lipinski definition) is 1. The average Bonchev–Trinajstić information content (AvgIpc) is 2.87. The van der Waals surface area contributed by atoms with Crippen molar-refractivity contribution >= 4 is 39.9 Å². The summed E-state index contributed by atoms with van der Waals surface area (Å²) < 4.78 is 25.1. The topological polar surface area (TPSA) is 66.5 Å². The van der Waals surface area contributed by atoms with Crippen molar-refractivity contribution in [3.05, 3.63) is 24.3 Å². The molecule has 8 heteroatoms. The number of carbonyl (C=O) groups excluding carboxylic acids is 1. The molecule has 2 aliphatic heterocycles. The second-order valence-corrected chi connectivity index (χ2v) is 10.6. The second kappa shape index (κ2) is 9.63. The number of benzene rings is 1. The van der Waals surface area contributed by atoms with Crippen LogP contribution in [0.5, 0.6) is 0 Å². The molecule has 1 N–H and O–H groups in total. The number of nitrogens with one attached hydrogen (secondary N) is 1. The quantitative estimate of drug-likeness (QED) is 0.699. The Bertz CT molecular complexity index is 743. The van der Waals surface area contributed by atoms with Crippen LogP contribution < -0.4 is 5.32 Å². The van der Waals surface area contributed by atoms with Gasteiger partial charge in [-0.25, -0.2) is 8.42 Å². The van der Waals surface area contributed by atoms with Crippen molar-refractivity contribution in [3.8, 4) is 0 Å². The maximum atomic E-state index is 13.1. The van der Waals surface area contributed by atoms with Gasteiger partial charge in [0.05, 0.1) is 15.9 Å². The summed E-state index contributed by atoms with van der Waals surface area (Å²) in [4.78, 5) is 16.2. The first-order chi connectivity index (χ1) is 12.4. The van der Waals surface area contributed by atoms with Gasteiger partial charge in [-0.2, -0.15) is 0 Å². The summed E-state index contributed by atoms with van der Waals surface area (Å²) in [6.07, 6.45) is 3.72. The highest BCUT2D eigenvalue weighted by atomic mass is 35.5. The number of carbonyl (C=O) groups is 1. The Morgan fingerprint density at radius 3 is 2.70 bits per heavy atom. The molecule has 0 saturated carbocycles. The molecule has 3 atom stereocenters. The van der Waals surface area contributed by atoms with Gasteiger partial charge in [-0.3, -0.25) is 4.79 Å². The van der Waals surface area contributed by atoms with Gasteiger partial charge < -0.3 is 10.2 Å². The van der Waals surface area contributed by atoms with Gasteiger partial charge in [0.15, 0.2) is 9.84 Å². The summed E-state index contributed by atoms with van der Waals surface area (Å²) in [5.41, 5.74) is 0. The molecule has 1 aromatic carbocycles. The Kier molecular flexibility index (Phi) is 8.04. The van der Waals surface area contributed by atoms with Gasteiger partial charge in [0.2, 0.25) is 5.91 Å². The summed E-state index contributed by atoms with van der Waals surface area (Å²) >= 11 is 1.37. The summed E-state index contributed by atoms with van der Waals surface area (Å²) in [6.45, 7) is 5.59. The van der Waals surface area contributed by atoms with E-state index in [9.17, 15) is 13.2 Å². The molecule has 2 heterocycles. The SMILES string of the molecule is CCCS(=O)(=O)c1ccccc1SC(C)C(=O)N1C2CCNCC1CC2.Cl. The van der Waals surface area contributed by atoms with Gasteiger partial charge >= 0.3 is 0 Å². The van der Waals surface area contributed by atoms with Crippen LogP contribution in [0.4, 0.5) is 0 Å². The summed E-state index contributed by atoms with van der Waals surface area (Å²) in [5, 5.41) is 3.12. The molecular formula is C19H29ClN2O3S2.